The molecule has 0 spiro atoms. The zero-order valence-electron chi connectivity index (χ0n) is 16.2. The van der Waals surface area contributed by atoms with E-state index in [1.54, 1.807) is 0 Å². The van der Waals surface area contributed by atoms with Crippen LogP contribution < -0.4 is 10.3 Å². The SMILES string of the molecule is COCOc1cc(C(F)(F)F)cc(C)c1-c1cncn([C@@H]2CCCC[C@H]2O)c1=O. The van der Waals surface area contributed by atoms with Crippen molar-refractivity contribution in [2.45, 2.75) is 50.9 Å². The highest BCUT2D eigenvalue weighted by Gasteiger charge is 2.33. The Hall–Kier alpha value is -2.39. The van der Waals surface area contributed by atoms with Gasteiger partial charge in [-0.3, -0.25) is 9.36 Å². The topological polar surface area (TPSA) is 73.6 Å². The summed E-state index contributed by atoms with van der Waals surface area (Å²) in [5.41, 5.74) is -0.741. The lowest BCUT2D eigenvalue weighted by atomic mass is 9.92. The summed E-state index contributed by atoms with van der Waals surface area (Å²) in [7, 11) is 1.35. The molecule has 1 N–H and O–H groups in total. The third kappa shape index (κ3) is 4.45. The summed E-state index contributed by atoms with van der Waals surface area (Å²) in [6, 6.07) is 1.41. The van der Waals surface area contributed by atoms with Crippen molar-refractivity contribution in [2.24, 2.45) is 0 Å². The lowest BCUT2D eigenvalue weighted by Crippen LogP contribution is -2.35. The number of hydrogen-bond acceptors (Lipinski definition) is 5. The van der Waals surface area contributed by atoms with Crippen LogP contribution in [0.4, 0.5) is 13.2 Å². The van der Waals surface area contributed by atoms with E-state index in [-0.39, 0.29) is 29.2 Å². The summed E-state index contributed by atoms with van der Waals surface area (Å²) in [5, 5.41) is 10.3. The summed E-state index contributed by atoms with van der Waals surface area (Å²) >= 11 is 0. The van der Waals surface area contributed by atoms with Gasteiger partial charge in [0, 0.05) is 18.9 Å². The average Bonchev–Trinajstić information content (AvgIpc) is 2.66. The van der Waals surface area contributed by atoms with Crippen molar-refractivity contribution in [2.75, 3.05) is 13.9 Å². The molecular formula is C20H23F3N2O4. The molecule has 1 saturated carbocycles. The molecule has 2 atom stereocenters. The van der Waals surface area contributed by atoms with E-state index < -0.39 is 29.4 Å². The van der Waals surface area contributed by atoms with E-state index in [4.69, 9.17) is 9.47 Å². The minimum atomic E-state index is -4.56. The quantitative estimate of drug-likeness (QED) is 0.759. The Kier molecular flexibility index (Phi) is 6.28. The second kappa shape index (κ2) is 8.54. The normalized spacial score (nSPS) is 19.9. The molecule has 9 heteroatoms. The number of ether oxygens (including phenoxy) is 2. The highest BCUT2D eigenvalue weighted by atomic mass is 19.4. The molecule has 1 heterocycles. The van der Waals surface area contributed by atoms with Crippen molar-refractivity contribution in [1.82, 2.24) is 9.55 Å². The zero-order chi connectivity index (χ0) is 21.2. The predicted molar refractivity (Wildman–Crippen MR) is 99.7 cm³/mol. The molecule has 0 bridgehead atoms. The van der Waals surface area contributed by atoms with E-state index in [1.807, 2.05) is 0 Å². The number of hydrogen-bond donors (Lipinski definition) is 1. The molecule has 1 aromatic carbocycles. The van der Waals surface area contributed by atoms with E-state index in [0.717, 1.165) is 25.0 Å². The molecule has 6 nitrogen and oxygen atoms in total. The van der Waals surface area contributed by atoms with Crippen LogP contribution in [0.5, 0.6) is 5.75 Å². The van der Waals surface area contributed by atoms with Gasteiger partial charge in [-0.15, -0.1) is 0 Å². The van der Waals surface area contributed by atoms with Gasteiger partial charge in [0.05, 0.1) is 29.6 Å². The van der Waals surface area contributed by atoms with E-state index in [1.165, 1.54) is 31.1 Å². The van der Waals surface area contributed by atoms with Crippen molar-refractivity contribution in [1.29, 1.82) is 0 Å². The Labute approximate surface area is 165 Å². The van der Waals surface area contributed by atoms with Gasteiger partial charge < -0.3 is 14.6 Å². The first-order chi connectivity index (χ1) is 13.7. The van der Waals surface area contributed by atoms with Crippen LogP contribution in [0.25, 0.3) is 11.1 Å². The number of halogens is 3. The number of aliphatic hydroxyl groups is 1. The minimum Gasteiger partial charge on any atom is -0.467 e. The van der Waals surface area contributed by atoms with Crippen molar-refractivity contribution < 1.29 is 27.8 Å². The first kappa shape index (κ1) is 21.3. The van der Waals surface area contributed by atoms with Crippen molar-refractivity contribution >= 4 is 0 Å². The maximum Gasteiger partial charge on any atom is 0.416 e. The van der Waals surface area contributed by atoms with Crippen LogP contribution in [0.1, 0.15) is 42.9 Å². The number of aryl methyl sites for hydroxylation is 1. The van der Waals surface area contributed by atoms with Crippen LogP contribution in [0.3, 0.4) is 0 Å². The Morgan fingerprint density at radius 3 is 2.66 bits per heavy atom. The molecule has 158 valence electrons. The number of alkyl halides is 3. The molecule has 0 amide bonds. The van der Waals surface area contributed by atoms with Crippen LogP contribution in [0, 0.1) is 6.92 Å². The number of aromatic nitrogens is 2. The molecule has 29 heavy (non-hydrogen) atoms. The average molecular weight is 412 g/mol. The van der Waals surface area contributed by atoms with Gasteiger partial charge in [0.25, 0.3) is 5.56 Å². The lowest BCUT2D eigenvalue weighted by molar-refractivity contribution is -0.137. The number of aliphatic hydroxyl groups excluding tert-OH is 1. The molecule has 3 rings (SSSR count). The fourth-order valence-corrected chi connectivity index (χ4v) is 3.75. The maximum atomic E-state index is 13.2. The van der Waals surface area contributed by atoms with E-state index >= 15 is 0 Å². The number of methoxy groups -OCH3 is 1. The molecular weight excluding hydrogens is 389 g/mol. The van der Waals surface area contributed by atoms with E-state index in [2.05, 4.69) is 4.98 Å². The molecule has 0 aliphatic heterocycles. The minimum absolute atomic E-state index is 0.111. The van der Waals surface area contributed by atoms with Gasteiger partial charge >= 0.3 is 6.18 Å². The van der Waals surface area contributed by atoms with Crippen LogP contribution in [-0.2, 0) is 10.9 Å². The van der Waals surface area contributed by atoms with Gasteiger partial charge in [-0.25, -0.2) is 4.98 Å². The molecule has 0 unspecified atom stereocenters. The third-order valence-electron chi connectivity index (χ3n) is 5.14. The Bertz CT molecular complexity index is 927. The van der Waals surface area contributed by atoms with Gasteiger partial charge in [-0.05, 0) is 37.5 Å². The smallest absolute Gasteiger partial charge is 0.416 e. The third-order valence-corrected chi connectivity index (χ3v) is 5.14. The summed E-state index contributed by atoms with van der Waals surface area (Å²) in [4.78, 5) is 17.3. The predicted octanol–water partition coefficient (Wildman–Crippen LogP) is 3.70. The molecule has 2 aromatic rings. The van der Waals surface area contributed by atoms with Gasteiger partial charge in [0.2, 0.25) is 0 Å². The largest absolute Gasteiger partial charge is 0.467 e. The second-order valence-electron chi connectivity index (χ2n) is 7.15. The van der Waals surface area contributed by atoms with Gasteiger partial charge in [0.15, 0.2) is 6.79 Å². The Balaban J connectivity index is 2.15. The van der Waals surface area contributed by atoms with Crippen molar-refractivity contribution in [3.8, 4) is 16.9 Å². The van der Waals surface area contributed by atoms with Gasteiger partial charge in [0.1, 0.15) is 5.75 Å². The van der Waals surface area contributed by atoms with E-state index in [0.29, 0.717) is 12.8 Å². The Morgan fingerprint density at radius 2 is 2.00 bits per heavy atom. The van der Waals surface area contributed by atoms with Crippen LogP contribution >= 0.6 is 0 Å². The molecule has 1 aromatic heterocycles. The fourth-order valence-electron chi connectivity index (χ4n) is 3.75. The monoisotopic (exact) mass is 412 g/mol. The summed E-state index contributed by atoms with van der Waals surface area (Å²) in [5.74, 6) is -0.111. The first-order valence-electron chi connectivity index (χ1n) is 9.32. The fraction of sp³-hybridized carbons (Fsp3) is 0.500. The highest BCUT2D eigenvalue weighted by Crippen LogP contribution is 2.39. The van der Waals surface area contributed by atoms with Gasteiger partial charge in [-0.1, -0.05) is 12.8 Å². The summed E-state index contributed by atoms with van der Waals surface area (Å²) < 4.78 is 51.3. The second-order valence-corrected chi connectivity index (χ2v) is 7.15. The number of benzene rings is 1. The molecule has 1 aliphatic carbocycles. The Morgan fingerprint density at radius 1 is 1.28 bits per heavy atom. The molecule has 1 aliphatic rings. The molecule has 0 radical (unpaired) electrons. The van der Waals surface area contributed by atoms with Crippen LogP contribution in [0.15, 0.2) is 29.5 Å². The van der Waals surface area contributed by atoms with Crippen LogP contribution in [0.2, 0.25) is 0 Å². The molecule has 1 fully saturated rings. The zero-order valence-corrected chi connectivity index (χ0v) is 16.2. The van der Waals surface area contributed by atoms with E-state index in [9.17, 15) is 23.1 Å². The first-order valence-corrected chi connectivity index (χ1v) is 9.32. The van der Waals surface area contributed by atoms with Crippen LogP contribution in [-0.4, -0.2) is 34.7 Å². The van der Waals surface area contributed by atoms with Gasteiger partial charge in [-0.2, -0.15) is 13.2 Å². The standard InChI is InChI=1S/C20H23F3N2O4/c1-12-7-13(20(21,22)23)8-17(29-11-28-2)18(12)14-9-24-10-25(19(14)27)15-5-3-4-6-16(15)26/h7-10,15-16,26H,3-6,11H2,1-2H3/t15-,16-/m1/s1. The number of rotatable bonds is 5. The highest BCUT2D eigenvalue weighted by molar-refractivity contribution is 5.73. The maximum absolute atomic E-state index is 13.2. The molecule has 0 saturated heterocycles. The lowest BCUT2D eigenvalue weighted by Gasteiger charge is -2.29. The summed E-state index contributed by atoms with van der Waals surface area (Å²) in [6.07, 6.45) is 0.413. The number of nitrogens with zero attached hydrogens (tertiary/aromatic N) is 2. The summed E-state index contributed by atoms with van der Waals surface area (Å²) in [6.45, 7) is 1.21. The van der Waals surface area contributed by atoms with Crippen molar-refractivity contribution in [3.05, 3.63) is 46.1 Å². The van der Waals surface area contributed by atoms with Crippen molar-refractivity contribution in [3.63, 3.8) is 0 Å².